The maximum atomic E-state index is 12.1. The summed E-state index contributed by atoms with van der Waals surface area (Å²) in [5.41, 5.74) is 1.24. The first-order valence-electron chi connectivity index (χ1n) is 7.56. The number of halogens is 1. The van der Waals surface area contributed by atoms with Crippen molar-refractivity contribution in [2.45, 2.75) is 20.0 Å². The lowest BCUT2D eigenvalue weighted by atomic mass is 10.1. The second-order valence-electron chi connectivity index (χ2n) is 5.84. The van der Waals surface area contributed by atoms with E-state index in [1.54, 1.807) is 24.3 Å². The van der Waals surface area contributed by atoms with E-state index in [9.17, 15) is 9.90 Å². The van der Waals surface area contributed by atoms with Crippen molar-refractivity contribution < 1.29 is 14.6 Å². The van der Waals surface area contributed by atoms with Crippen LogP contribution in [0.1, 0.15) is 24.2 Å². The van der Waals surface area contributed by atoms with Gasteiger partial charge in [0, 0.05) is 24.1 Å². The van der Waals surface area contributed by atoms with E-state index >= 15 is 0 Å². The van der Waals surface area contributed by atoms with E-state index in [1.807, 2.05) is 19.9 Å². The van der Waals surface area contributed by atoms with Gasteiger partial charge < -0.3 is 15.2 Å². The fraction of sp³-hybridized carbons (Fsp3) is 0.412. The lowest BCUT2D eigenvalue weighted by Gasteiger charge is -2.13. The topological polar surface area (TPSA) is 71.5 Å². The predicted molar refractivity (Wildman–Crippen MR) is 90.8 cm³/mol. The lowest BCUT2D eigenvalue weighted by molar-refractivity contribution is 0.0259. The molecule has 0 aliphatic heterocycles. The Bertz CT molecular complexity index is 676. The molecule has 23 heavy (non-hydrogen) atoms. The van der Waals surface area contributed by atoms with Gasteiger partial charge in [-0.2, -0.15) is 0 Å². The number of aromatic nitrogens is 1. The average molecular weight is 337 g/mol. The third-order valence-electron chi connectivity index (χ3n) is 3.18. The van der Waals surface area contributed by atoms with Crippen molar-refractivity contribution in [3.8, 4) is 0 Å². The van der Waals surface area contributed by atoms with Crippen molar-refractivity contribution in [3.63, 3.8) is 0 Å². The number of hydrogen-bond donors (Lipinski definition) is 2. The first-order chi connectivity index (χ1) is 11.0. The van der Waals surface area contributed by atoms with E-state index in [1.165, 1.54) is 0 Å². The summed E-state index contributed by atoms with van der Waals surface area (Å²) in [6.45, 7) is 5.02. The van der Waals surface area contributed by atoms with Crippen LogP contribution < -0.4 is 5.32 Å². The number of amides is 1. The van der Waals surface area contributed by atoms with E-state index in [0.717, 1.165) is 10.9 Å². The molecule has 5 nitrogen and oxygen atoms in total. The van der Waals surface area contributed by atoms with Gasteiger partial charge in [0.15, 0.2) is 0 Å². The molecule has 2 aromatic rings. The van der Waals surface area contributed by atoms with E-state index < -0.39 is 6.10 Å². The van der Waals surface area contributed by atoms with Gasteiger partial charge in [0.1, 0.15) is 5.15 Å². The molecule has 1 aromatic carbocycles. The number of ether oxygens (including phenoxy) is 1. The molecule has 6 heteroatoms. The van der Waals surface area contributed by atoms with Gasteiger partial charge in [0.05, 0.1) is 18.2 Å². The lowest BCUT2D eigenvalue weighted by Crippen LogP contribution is -2.34. The summed E-state index contributed by atoms with van der Waals surface area (Å²) < 4.78 is 5.34. The Balaban J connectivity index is 1.89. The minimum Gasteiger partial charge on any atom is -0.389 e. The summed E-state index contributed by atoms with van der Waals surface area (Å²) in [7, 11) is 0. The molecule has 1 heterocycles. The summed E-state index contributed by atoms with van der Waals surface area (Å²) in [6, 6.07) is 8.67. The highest BCUT2D eigenvalue weighted by Crippen LogP contribution is 2.17. The Hall–Kier alpha value is -1.69. The molecule has 2 rings (SSSR count). The Kier molecular flexibility index (Phi) is 6.33. The Morgan fingerprint density at radius 2 is 2.09 bits per heavy atom. The number of nitrogens with one attached hydrogen (secondary N) is 1. The number of nitrogens with zero attached hydrogens (tertiary/aromatic N) is 1. The van der Waals surface area contributed by atoms with Gasteiger partial charge in [-0.25, -0.2) is 4.98 Å². The zero-order valence-electron chi connectivity index (χ0n) is 13.3. The smallest absolute Gasteiger partial charge is 0.251 e. The van der Waals surface area contributed by atoms with Crippen molar-refractivity contribution in [2.75, 3.05) is 19.8 Å². The Morgan fingerprint density at radius 3 is 2.83 bits per heavy atom. The van der Waals surface area contributed by atoms with Crippen molar-refractivity contribution in [1.29, 1.82) is 0 Å². The van der Waals surface area contributed by atoms with Crippen LogP contribution in [-0.2, 0) is 4.74 Å². The number of carbonyl (C=O) groups is 1. The zero-order valence-corrected chi connectivity index (χ0v) is 14.0. The van der Waals surface area contributed by atoms with Crippen molar-refractivity contribution in [1.82, 2.24) is 10.3 Å². The summed E-state index contributed by atoms with van der Waals surface area (Å²) in [5.74, 6) is 0.168. The van der Waals surface area contributed by atoms with Gasteiger partial charge in [0.25, 0.3) is 5.91 Å². The molecule has 124 valence electrons. The molecule has 0 radical (unpaired) electrons. The van der Waals surface area contributed by atoms with Crippen LogP contribution in [0.2, 0.25) is 5.15 Å². The molecule has 0 spiro atoms. The molecule has 2 N–H and O–H groups in total. The minimum atomic E-state index is -0.723. The van der Waals surface area contributed by atoms with Crippen LogP contribution in [0.15, 0.2) is 30.3 Å². The standard InChI is InChI=1S/C17H21ClN2O3/c1-11(2)9-23-10-14(21)8-19-17(22)13-3-5-15-12(7-13)4-6-16(18)20-15/h3-7,11,14,21H,8-10H2,1-2H3,(H,19,22). The van der Waals surface area contributed by atoms with E-state index in [4.69, 9.17) is 16.3 Å². The third-order valence-corrected chi connectivity index (χ3v) is 3.39. The minimum absolute atomic E-state index is 0.147. The molecule has 1 amide bonds. The van der Waals surface area contributed by atoms with Gasteiger partial charge in [0.2, 0.25) is 0 Å². The second kappa shape index (κ2) is 8.24. The Morgan fingerprint density at radius 1 is 1.30 bits per heavy atom. The SMILES string of the molecule is CC(C)COCC(O)CNC(=O)c1ccc2nc(Cl)ccc2c1. The number of rotatable bonds is 7. The summed E-state index contributed by atoms with van der Waals surface area (Å²) in [4.78, 5) is 16.3. The largest absolute Gasteiger partial charge is 0.389 e. The number of hydrogen-bond acceptors (Lipinski definition) is 4. The summed E-state index contributed by atoms with van der Waals surface area (Å²) in [5, 5.41) is 13.7. The van der Waals surface area contributed by atoms with Crippen molar-refractivity contribution in [3.05, 3.63) is 41.0 Å². The van der Waals surface area contributed by atoms with Crippen LogP contribution in [0, 0.1) is 5.92 Å². The number of fused-ring (bicyclic) bond motifs is 1. The molecule has 0 fully saturated rings. The van der Waals surface area contributed by atoms with E-state index in [0.29, 0.717) is 23.2 Å². The molecular formula is C17H21ClN2O3. The molecule has 0 bridgehead atoms. The molecule has 1 atom stereocenters. The van der Waals surface area contributed by atoms with Crippen LogP contribution >= 0.6 is 11.6 Å². The predicted octanol–water partition coefficient (Wildman–Crippen LogP) is 2.65. The highest BCUT2D eigenvalue weighted by Gasteiger charge is 2.10. The van der Waals surface area contributed by atoms with Crippen molar-refractivity contribution >= 4 is 28.4 Å². The van der Waals surface area contributed by atoms with Crippen LogP contribution in [0.25, 0.3) is 10.9 Å². The van der Waals surface area contributed by atoms with Gasteiger partial charge >= 0.3 is 0 Å². The van der Waals surface area contributed by atoms with Crippen LogP contribution in [-0.4, -0.2) is 41.9 Å². The molecule has 0 aliphatic carbocycles. The highest BCUT2D eigenvalue weighted by atomic mass is 35.5. The molecular weight excluding hydrogens is 316 g/mol. The molecule has 0 aliphatic rings. The summed E-state index contributed by atoms with van der Waals surface area (Å²) in [6.07, 6.45) is -0.723. The zero-order chi connectivity index (χ0) is 16.8. The van der Waals surface area contributed by atoms with E-state index in [-0.39, 0.29) is 19.1 Å². The number of pyridine rings is 1. The molecule has 1 aromatic heterocycles. The highest BCUT2D eigenvalue weighted by molar-refractivity contribution is 6.29. The normalized spacial score (nSPS) is 12.6. The number of benzene rings is 1. The fourth-order valence-electron chi connectivity index (χ4n) is 2.05. The maximum absolute atomic E-state index is 12.1. The van der Waals surface area contributed by atoms with Crippen LogP contribution in [0.4, 0.5) is 0 Å². The molecule has 1 unspecified atom stereocenters. The first kappa shape index (κ1) is 17.7. The molecule has 0 saturated heterocycles. The average Bonchev–Trinajstić information content (AvgIpc) is 2.51. The number of aliphatic hydroxyl groups is 1. The van der Waals surface area contributed by atoms with Crippen molar-refractivity contribution in [2.24, 2.45) is 5.92 Å². The van der Waals surface area contributed by atoms with Gasteiger partial charge in [-0.05, 0) is 36.2 Å². The third kappa shape index (κ3) is 5.46. The monoisotopic (exact) mass is 336 g/mol. The number of aliphatic hydroxyl groups excluding tert-OH is 1. The number of carbonyl (C=O) groups excluding carboxylic acids is 1. The first-order valence-corrected chi connectivity index (χ1v) is 7.94. The molecule has 0 saturated carbocycles. The Labute approximate surface area is 140 Å². The van der Waals surface area contributed by atoms with Crippen LogP contribution in [0.5, 0.6) is 0 Å². The second-order valence-corrected chi connectivity index (χ2v) is 6.22. The quantitative estimate of drug-likeness (QED) is 0.762. The van der Waals surface area contributed by atoms with E-state index in [2.05, 4.69) is 10.3 Å². The fourth-order valence-corrected chi connectivity index (χ4v) is 2.21. The van der Waals surface area contributed by atoms with Crippen LogP contribution in [0.3, 0.4) is 0 Å². The van der Waals surface area contributed by atoms with Gasteiger partial charge in [-0.1, -0.05) is 25.4 Å². The maximum Gasteiger partial charge on any atom is 0.251 e. The van der Waals surface area contributed by atoms with Gasteiger partial charge in [-0.3, -0.25) is 4.79 Å². The van der Waals surface area contributed by atoms with Gasteiger partial charge in [-0.15, -0.1) is 0 Å². The summed E-state index contributed by atoms with van der Waals surface area (Å²) >= 11 is 5.84.